The zero-order valence-corrected chi connectivity index (χ0v) is 11.8. The van der Waals surface area contributed by atoms with Gasteiger partial charge in [0.2, 0.25) is 0 Å². The second-order valence-electron chi connectivity index (χ2n) is 5.30. The van der Waals surface area contributed by atoms with E-state index in [1.807, 2.05) is 6.92 Å². The largest absolute Gasteiger partial charge is 0.459 e. The summed E-state index contributed by atoms with van der Waals surface area (Å²) < 4.78 is 28.1. The zero-order chi connectivity index (χ0) is 13.7. The van der Waals surface area contributed by atoms with E-state index < -0.39 is 27.2 Å². The van der Waals surface area contributed by atoms with E-state index in [0.29, 0.717) is 12.8 Å². The van der Waals surface area contributed by atoms with Crippen LogP contribution in [0.3, 0.4) is 0 Å². The third-order valence-electron chi connectivity index (χ3n) is 1.87. The average Bonchev–Trinajstić information content (AvgIpc) is 1.96. The van der Waals surface area contributed by atoms with Crippen LogP contribution in [-0.2, 0) is 19.4 Å². The fourth-order valence-corrected chi connectivity index (χ4v) is 2.42. The number of nitrogens with two attached hydrogens (primary N) is 1. The van der Waals surface area contributed by atoms with Gasteiger partial charge in [0.05, 0.1) is 5.75 Å². The molecule has 102 valence electrons. The first kappa shape index (κ1) is 16.4. The quantitative estimate of drug-likeness (QED) is 0.720. The van der Waals surface area contributed by atoms with Crippen LogP contribution in [0.1, 0.15) is 40.5 Å². The van der Waals surface area contributed by atoms with E-state index in [4.69, 9.17) is 10.5 Å². The van der Waals surface area contributed by atoms with E-state index in [9.17, 15) is 13.2 Å². The van der Waals surface area contributed by atoms with E-state index >= 15 is 0 Å². The second-order valence-corrected chi connectivity index (χ2v) is 7.48. The first-order valence-electron chi connectivity index (χ1n) is 5.70. The van der Waals surface area contributed by atoms with Crippen LogP contribution in [0, 0.1) is 0 Å². The van der Waals surface area contributed by atoms with E-state index in [2.05, 4.69) is 0 Å². The van der Waals surface area contributed by atoms with Gasteiger partial charge in [-0.2, -0.15) is 0 Å². The van der Waals surface area contributed by atoms with Crippen molar-refractivity contribution in [3.05, 3.63) is 0 Å². The summed E-state index contributed by atoms with van der Waals surface area (Å²) >= 11 is 0. The Bertz CT molecular complexity index is 341. The summed E-state index contributed by atoms with van der Waals surface area (Å²) in [4.78, 5) is 11.3. The van der Waals surface area contributed by atoms with Crippen molar-refractivity contribution in [2.24, 2.45) is 5.73 Å². The number of esters is 1. The molecule has 1 unspecified atom stereocenters. The number of carbonyl (C=O) groups is 1. The lowest BCUT2D eigenvalue weighted by Gasteiger charge is -2.19. The lowest BCUT2D eigenvalue weighted by molar-refractivity contribution is -0.151. The standard InChI is InChI=1S/C11H23NO4S/c1-9(12)6-5-7-17(14,15)8-10(13)16-11(2,3)4/h9H,5-8,12H2,1-4H3. The van der Waals surface area contributed by atoms with Crippen molar-refractivity contribution in [2.75, 3.05) is 11.5 Å². The molecule has 0 aliphatic heterocycles. The molecule has 0 aromatic rings. The summed E-state index contributed by atoms with van der Waals surface area (Å²) in [5, 5.41) is 0. The highest BCUT2D eigenvalue weighted by Gasteiger charge is 2.22. The molecule has 0 spiro atoms. The Labute approximate surface area is 104 Å². The summed E-state index contributed by atoms with van der Waals surface area (Å²) in [5.41, 5.74) is 4.87. The number of carbonyl (C=O) groups excluding carboxylic acids is 1. The topological polar surface area (TPSA) is 86.5 Å². The van der Waals surface area contributed by atoms with Gasteiger partial charge in [0, 0.05) is 6.04 Å². The molecule has 0 saturated carbocycles. The number of ether oxygens (including phenoxy) is 1. The molecule has 6 heteroatoms. The van der Waals surface area contributed by atoms with Gasteiger partial charge >= 0.3 is 5.97 Å². The first-order chi connectivity index (χ1) is 7.52. The van der Waals surface area contributed by atoms with Crippen molar-refractivity contribution in [2.45, 2.75) is 52.2 Å². The number of rotatable bonds is 6. The predicted molar refractivity (Wildman–Crippen MR) is 67.4 cm³/mol. The highest BCUT2D eigenvalue weighted by molar-refractivity contribution is 7.92. The third-order valence-corrected chi connectivity index (χ3v) is 3.46. The molecule has 0 aromatic heterocycles. The predicted octanol–water partition coefficient (Wildman–Crippen LogP) is 0.870. The van der Waals surface area contributed by atoms with Crippen LogP contribution in [0.2, 0.25) is 0 Å². The minimum absolute atomic E-state index is 0.0201. The third kappa shape index (κ3) is 10.3. The van der Waals surface area contributed by atoms with Gasteiger partial charge in [-0.05, 0) is 40.5 Å². The summed E-state index contributed by atoms with van der Waals surface area (Å²) in [7, 11) is -3.38. The van der Waals surface area contributed by atoms with Crippen molar-refractivity contribution >= 4 is 15.8 Å². The fraction of sp³-hybridized carbons (Fsp3) is 0.909. The molecule has 0 aromatic carbocycles. The van der Waals surface area contributed by atoms with Gasteiger partial charge in [0.15, 0.2) is 9.84 Å². The Kier molecular flexibility index (Phi) is 6.12. The highest BCUT2D eigenvalue weighted by Crippen LogP contribution is 2.08. The maximum atomic E-state index is 11.6. The fourth-order valence-electron chi connectivity index (χ4n) is 1.25. The van der Waals surface area contributed by atoms with Crippen LogP contribution in [0.4, 0.5) is 0 Å². The van der Waals surface area contributed by atoms with E-state index in [-0.39, 0.29) is 11.8 Å². The summed E-state index contributed by atoms with van der Waals surface area (Å²) in [5.74, 6) is -1.27. The summed E-state index contributed by atoms with van der Waals surface area (Å²) in [6.07, 6.45) is 1.11. The minimum atomic E-state index is -3.38. The lowest BCUT2D eigenvalue weighted by atomic mass is 10.2. The Hall–Kier alpha value is -0.620. The molecule has 17 heavy (non-hydrogen) atoms. The van der Waals surface area contributed by atoms with Crippen molar-refractivity contribution in [1.29, 1.82) is 0 Å². The van der Waals surface area contributed by atoms with Gasteiger partial charge in [0.25, 0.3) is 0 Å². The molecule has 0 aliphatic carbocycles. The second kappa shape index (κ2) is 6.35. The number of hydrogen-bond acceptors (Lipinski definition) is 5. The first-order valence-corrected chi connectivity index (χ1v) is 7.52. The minimum Gasteiger partial charge on any atom is -0.459 e. The van der Waals surface area contributed by atoms with Crippen molar-refractivity contribution in [1.82, 2.24) is 0 Å². The van der Waals surface area contributed by atoms with Crippen LogP contribution in [0.15, 0.2) is 0 Å². The van der Waals surface area contributed by atoms with Crippen LogP contribution in [-0.4, -0.2) is 37.5 Å². The van der Waals surface area contributed by atoms with Crippen molar-refractivity contribution in [3.63, 3.8) is 0 Å². The molecular formula is C11H23NO4S. The molecule has 1 atom stereocenters. The molecule has 0 saturated heterocycles. The Morgan fingerprint density at radius 3 is 2.29 bits per heavy atom. The molecule has 0 fully saturated rings. The van der Waals surface area contributed by atoms with Gasteiger partial charge < -0.3 is 10.5 Å². The molecular weight excluding hydrogens is 242 g/mol. The number of hydrogen-bond donors (Lipinski definition) is 1. The molecule has 2 N–H and O–H groups in total. The molecule has 0 bridgehead atoms. The van der Waals surface area contributed by atoms with Gasteiger partial charge in [-0.15, -0.1) is 0 Å². The van der Waals surface area contributed by atoms with Crippen molar-refractivity contribution in [3.8, 4) is 0 Å². The van der Waals surface area contributed by atoms with Crippen molar-refractivity contribution < 1.29 is 17.9 Å². The maximum absolute atomic E-state index is 11.6. The molecule has 0 aliphatic rings. The zero-order valence-electron chi connectivity index (χ0n) is 11.0. The van der Waals surface area contributed by atoms with Gasteiger partial charge in [-0.1, -0.05) is 0 Å². The molecule has 0 rings (SSSR count). The van der Waals surface area contributed by atoms with Gasteiger partial charge in [0.1, 0.15) is 11.4 Å². The van der Waals surface area contributed by atoms with Gasteiger partial charge in [-0.25, -0.2) is 8.42 Å². The maximum Gasteiger partial charge on any atom is 0.321 e. The van der Waals surface area contributed by atoms with Crippen LogP contribution in [0.25, 0.3) is 0 Å². The smallest absolute Gasteiger partial charge is 0.321 e. The summed E-state index contributed by atoms with van der Waals surface area (Å²) in [6.45, 7) is 6.93. The van der Waals surface area contributed by atoms with E-state index in [1.54, 1.807) is 20.8 Å². The molecule has 0 radical (unpaired) electrons. The lowest BCUT2D eigenvalue weighted by Crippen LogP contribution is -2.29. The Balaban J connectivity index is 4.13. The Morgan fingerprint density at radius 2 is 1.88 bits per heavy atom. The molecule has 0 heterocycles. The SMILES string of the molecule is CC(N)CCCS(=O)(=O)CC(=O)OC(C)(C)C. The monoisotopic (exact) mass is 265 g/mol. The Morgan fingerprint density at radius 1 is 1.35 bits per heavy atom. The highest BCUT2D eigenvalue weighted by atomic mass is 32.2. The van der Waals surface area contributed by atoms with Crippen LogP contribution < -0.4 is 5.73 Å². The summed E-state index contributed by atoms with van der Waals surface area (Å²) in [6, 6.07) is -0.0215. The van der Waals surface area contributed by atoms with E-state index in [0.717, 1.165) is 0 Å². The van der Waals surface area contributed by atoms with E-state index in [1.165, 1.54) is 0 Å². The van der Waals surface area contributed by atoms with Crippen LogP contribution in [0.5, 0.6) is 0 Å². The molecule has 5 nitrogen and oxygen atoms in total. The average molecular weight is 265 g/mol. The molecule has 0 amide bonds. The van der Waals surface area contributed by atoms with Gasteiger partial charge in [-0.3, -0.25) is 4.79 Å². The van der Waals surface area contributed by atoms with Crippen LogP contribution >= 0.6 is 0 Å². The normalized spacial score (nSPS) is 14.4. The number of sulfone groups is 1.